The lowest BCUT2D eigenvalue weighted by Crippen LogP contribution is -2.04. The molecule has 2 atom stereocenters. The van der Waals surface area contributed by atoms with E-state index in [1.807, 2.05) is 6.92 Å². The van der Waals surface area contributed by atoms with Crippen molar-refractivity contribution in [3.63, 3.8) is 0 Å². The average molecular weight is 178 g/mol. The van der Waals surface area contributed by atoms with Crippen molar-refractivity contribution in [1.82, 2.24) is 0 Å². The summed E-state index contributed by atoms with van der Waals surface area (Å²) in [6, 6.07) is 6.42. The third kappa shape index (κ3) is 1.26. The predicted octanol–water partition coefficient (Wildman–Crippen LogP) is 2.30. The molecule has 0 N–H and O–H groups in total. The Balaban J connectivity index is 2.27. The van der Waals surface area contributed by atoms with Crippen molar-refractivity contribution in [2.75, 3.05) is 0 Å². The second-order valence-electron chi connectivity index (χ2n) is 3.87. The molecule has 2 heteroatoms. The Hall–Kier alpha value is -1.18. The van der Waals surface area contributed by atoms with Gasteiger partial charge in [-0.1, -0.05) is 19.1 Å². The molecule has 68 valence electrons. The van der Waals surface area contributed by atoms with Gasteiger partial charge in [0.25, 0.3) is 0 Å². The molecule has 1 aromatic carbocycles. The number of halogens is 1. The molecule has 1 saturated carbocycles. The van der Waals surface area contributed by atoms with Crippen LogP contribution in [-0.4, -0.2) is 6.29 Å². The van der Waals surface area contributed by atoms with Gasteiger partial charge in [-0.05, 0) is 24.1 Å². The van der Waals surface area contributed by atoms with E-state index in [1.54, 1.807) is 12.1 Å². The number of aldehydes is 1. The Morgan fingerprint density at radius 3 is 2.54 bits per heavy atom. The molecule has 0 aromatic heterocycles. The van der Waals surface area contributed by atoms with E-state index in [1.165, 1.54) is 12.1 Å². The zero-order valence-corrected chi connectivity index (χ0v) is 7.46. The largest absolute Gasteiger partial charge is 0.303 e. The van der Waals surface area contributed by atoms with Gasteiger partial charge >= 0.3 is 0 Å². The van der Waals surface area contributed by atoms with Gasteiger partial charge in [0, 0.05) is 11.3 Å². The normalized spacial score (nSPS) is 31.4. The molecule has 13 heavy (non-hydrogen) atoms. The molecule has 0 saturated heterocycles. The maximum atomic E-state index is 12.6. The zero-order valence-electron chi connectivity index (χ0n) is 7.46. The van der Waals surface area contributed by atoms with E-state index in [-0.39, 0.29) is 17.2 Å². The number of rotatable bonds is 2. The van der Waals surface area contributed by atoms with Gasteiger partial charge in [0.1, 0.15) is 12.1 Å². The van der Waals surface area contributed by atoms with Gasteiger partial charge < -0.3 is 4.79 Å². The third-order valence-electron chi connectivity index (χ3n) is 2.97. The summed E-state index contributed by atoms with van der Waals surface area (Å²) in [7, 11) is 0. The summed E-state index contributed by atoms with van der Waals surface area (Å²) in [5.74, 6) is -0.103. The fraction of sp³-hybridized carbons (Fsp3) is 0.364. The molecule has 0 heterocycles. The van der Waals surface area contributed by atoms with Crippen LogP contribution in [0.5, 0.6) is 0 Å². The van der Waals surface area contributed by atoms with Crippen LogP contribution in [0.4, 0.5) is 4.39 Å². The fourth-order valence-corrected chi connectivity index (χ4v) is 1.76. The van der Waals surface area contributed by atoms with Crippen LogP contribution < -0.4 is 0 Å². The maximum absolute atomic E-state index is 12.6. The van der Waals surface area contributed by atoms with Gasteiger partial charge in [0.05, 0.1) is 0 Å². The number of hydrogen-bond donors (Lipinski definition) is 0. The van der Waals surface area contributed by atoms with E-state index >= 15 is 0 Å². The van der Waals surface area contributed by atoms with Crippen LogP contribution in [-0.2, 0) is 10.2 Å². The Morgan fingerprint density at radius 2 is 2.08 bits per heavy atom. The quantitative estimate of drug-likeness (QED) is 0.635. The Labute approximate surface area is 76.6 Å². The summed E-state index contributed by atoms with van der Waals surface area (Å²) in [6.45, 7) is 2.04. The first-order chi connectivity index (χ1) is 6.16. The summed E-state index contributed by atoms with van der Waals surface area (Å²) >= 11 is 0. The van der Waals surface area contributed by atoms with E-state index in [0.29, 0.717) is 0 Å². The molecule has 0 spiro atoms. The first-order valence-corrected chi connectivity index (χ1v) is 4.38. The molecule has 0 unspecified atom stereocenters. The monoisotopic (exact) mass is 178 g/mol. The summed E-state index contributed by atoms with van der Waals surface area (Å²) in [5.41, 5.74) is 1.03. The van der Waals surface area contributed by atoms with Crippen LogP contribution in [0.1, 0.15) is 18.9 Å². The molecule has 0 radical (unpaired) electrons. The second-order valence-corrected chi connectivity index (χ2v) is 3.87. The van der Waals surface area contributed by atoms with Gasteiger partial charge in [-0.3, -0.25) is 0 Å². The highest BCUT2D eigenvalue weighted by Gasteiger charge is 2.50. The van der Waals surface area contributed by atoms with Gasteiger partial charge in [0.15, 0.2) is 0 Å². The lowest BCUT2D eigenvalue weighted by atomic mass is 9.96. The van der Waals surface area contributed by atoms with E-state index < -0.39 is 0 Å². The maximum Gasteiger partial charge on any atom is 0.123 e. The molecule has 1 nitrogen and oxygen atoms in total. The molecule has 0 amide bonds. The highest BCUT2D eigenvalue weighted by Crippen LogP contribution is 2.52. The summed E-state index contributed by atoms with van der Waals surface area (Å²) in [4.78, 5) is 10.5. The highest BCUT2D eigenvalue weighted by atomic mass is 19.1. The number of carbonyl (C=O) groups excluding carboxylic acids is 1. The molecular weight excluding hydrogens is 167 g/mol. The lowest BCUT2D eigenvalue weighted by Gasteiger charge is -2.08. The molecular formula is C11H11FO. The average Bonchev–Trinajstić information content (AvgIpc) is 2.80. The number of hydrogen-bond acceptors (Lipinski definition) is 1. The van der Waals surface area contributed by atoms with E-state index in [9.17, 15) is 9.18 Å². The minimum Gasteiger partial charge on any atom is -0.303 e. The Bertz CT molecular complexity index is 330. The van der Waals surface area contributed by atoms with E-state index in [0.717, 1.165) is 18.3 Å². The van der Waals surface area contributed by atoms with Gasteiger partial charge in [-0.15, -0.1) is 0 Å². The standard InChI is InChI=1S/C11H11FO/c1-11(6-9(11)7-13)8-2-4-10(12)5-3-8/h2-5,7,9H,6H2,1H3/t9-,11-/m0/s1. The van der Waals surface area contributed by atoms with E-state index in [2.05, 4.69) is 0 Å². The van der Waals surface area contributed by atoms with Crippen molar-refractivity contribution in [3.8, 4) is 0 Å². The summed E-state index contributed by atoms with van der Waals surface area (Å²) in [6.07, 6.45) is 1.88. The molecule has 1 fully saturated rings. The Kier molecular flexibility index (Phi) is 1.72. The highest BCUT2D eigenvalue weighted by molar-refractivity contribution is 5.64. The van der Waals surface area contributed by atoms with Crippen molar-refractivity contribution < 1.29 is 9.18 Å². The molecule has 1 aliphatic carbocycles. The molecule has 0 aliphatic heterocycles. The van der Waals surface area contributed by atoms with Crippen molar-refractivity contribution in [2.24, 2.45) is 5.92 Å². The van der Waals surface area contributed by atoms with Crippen LogP contribution in [0.25, 0.3) is 0 Å². The van der Waals surface area contributed by atoms with Crippen molar-refractivity contribution in [2.45, 2.75) is 18.8 Å². The molecule has 0 bridgehead atoms. The van der Waals surface area contributed by atoms with E-state index in [4.69, 9.17) is 0 Å². The first-order valence-electron chi connectivity index (χ1n) is 4.38. The van der Waals surface area contributed by atoms with Crippen LogP contribution in [0.2, 0.25) is 0 Å². The van der Waals surface area contributed by atoms with Gasteiger partial charge in [-0.2, -0.15) is 0 Å². The van der Waals surface area contributed by atoms with Crippen molar-refractivity contribution in [1.29, 1.82) is 0 Å². The number of benzene rings is 1. The van der Waals surface area contributed by atoms with Crippen molar-refractivity contribution >= 4 is 6.29 Å². The SMILES string of the molecule is C[C@@]1(c2ccc(F)cc2)C[C@H]1C=O. The molecule has 1 aromatic rings. The summed E-state index contributed by atoms with van der Waals surface area (Å²) in [5, 5.41) is 0. The summed E-state index contributed by atoms with van der Waals surface area (Å²) < 4.78 is 12.6. The lowest BCUT2D eigenvalue weighted by molar-refractivity contribution is -0.109. The van der Waals surface area contributed by atoms with Crippen LogP contribution in [0, 0.1) is 11.7 Å². The number of carbonyl (C=O) groups is 1. The van der Waals surface area contributed by atoms with Gasteiger partial charge in [0.2, 0.25) is 0 Å². The molecule has 1 aliphatic rings. The van der Waals surface area contributed by atoms with Crippen LogP contribution in [0.3, 0.4) is 0 Å². The minimum absolute atomic E-state index is 0.0323. The zero-order chi connectivity index (χ0) is 9.47. The van der Waals surface area contributed by atoms with Gasteiger partial charge in [-0.25, -0.2) is 4.39 Å². The predicted molar refractivity (Wildman–Crippen MR) is 47.9 cm³/mol. The van der Waals surface area contributed by atoms with Crippen LogP contribution >= 0.6 is 0 Å². The minimum atomic E-state index is -0.226. The first kappa shape index (κ1) is 8.42. The smallest absolute Gasteiger partial charge is 0.123 e. The Morgan fingerprint density at radius 1 is 1.46 bits per heavy atom. The third-order valence-corrected chi connectivity index (χ3v) is 2.97. The second kappa shape index (κ2) is 2.66. The fourth-order valence-electron chi connectivity index (χ4n) is 1.76. The topological polar surface area (TPSA) is 17.1 Å². The van der Waals surface area contributed by atoms with Crippen LogP contribution in [0.15, 0.2) is 24.3 Å². The molecule has 2 rings (SSSR count). The van der Waals surface area contributed by atoms with Crippen molar-refractivity contribution in [3.05, 3.63) is 35.6 Å².